The van der Waals surface area contributed by atoms with Crippen LogP contribution in [0.3, 0.4) is 0 Å². The van der Waals surface area contributed by atoms with Gasteiger partial charge < -0.3 is 10.6 Å². The Morgan fingerprint density at radius 2 is 2.50 bits per heavy atom. The Bertz CT molecular complexity index is 253. The third-order valence-corrected chi connectivity index (χ3v) is 2.80. The summed E-state index contributed by atoms with van der Waals surface area (Å²) in [5, 5.41) is 6.03. The Morgan fingerprint density at radius 3 is 3.06 bits per heavy atom. The standard InChI is InChI=1S/C12H21N3O/c1-3-6-14-12(16)10-15(8-4-2)11-5-7-13-9-11/h1,11,13H,4-10H2,2H3,(H,14,16). The molecule has 90 valence electrons. The molecule has 0 aromatic heterocycles. The number of hydrogen-bond donors (Lipinski definition) is 2. The molecular weight excluding hydrogens is 202 g/mol. The molecule has 4 nitrogen and oxygen atoms in total. The van der Waals surface area contributed by atoms with Gasteiger partial charge in [-0.1, -0.05) is 12.8 Å². The van der Waals surface area contributed by atoms with E-state index in [2.05, 4.69) is 28.4 Å². The first-order valence-electron chi connectivity index (χ1n) is 5.92. The number of hydrogen-bond acceptors (Lipinski definition) is 3. The highest BCUT2D eigenvalue weighted by atomic mass is 16.2. The largest absolute Gasteiger partial charge is 0.344 e. The molecule has 1 fully saturated rings. The van der Waals surface area contributed by atoms with Crippen molar-refractivity contribution in [3.8, 4) is 12.3 Å². The topological polar surface area (TPSA) is 44.4 Å². The quantitative estimate of drug-likeness (QED) is 0.614. The van der Waals surface area contributed by atoms with E-state index in [1.807, 2.05) is 0 Å². The summed E-state index contributed by atoms with van der Waals surface area (Å²) in [5.74, 6) is 2.44. The van der Waals surface area contributed by atoms with Gasteiger partial charge in [-0.05, 0) is 25.9 Å². The summed E-state index contributed by atoms with van der Waals surface area (Å²) in [6, 6.07) is 0.497. The second-order valence-corrected chi connectivity index (χ2v) is 4.10. The van der Waals surface area contributed by atoms with Crippen molar-refractivity contribution in [3.63, 3.8) is 0 Å². The summed E-state index contributed by atoms with van der Waals surface area (Å²) in [6.45, 7) is 5.92. The molecule has 0 aliphatic carbocycles. The lowest BCUT2D eigenvalue weighted by molar-refractivity contribution is -0.122. The maximum absolute atomic E-state index is 11.6. The van der Waals surface area contributed by atoms with Crippen LogP contribution in [-0.4, -0.2) is 49.6 Å². The Kier molecular flexibility index (Phi) is 5.91. The van der Waals surface area contributed by atoms with Crippen LogP contribution in [-0.2, 0) is 4.79 Å². The first kappa shape index (κ1) is 13.0. The molecule has 16 heavy (non-hydrogen) atoms. The van der Waals surface area contributed by atoms with Crippen molar-refractivity contribution in [2.45, 2.75) is 25.8 Å². The van der Waals surface area contributed by atoms with Crippen LogP contribution in [0.25, 0.3) is 0 Å². The zero-order chi connectivity index (χ0) is 11.8. The molecule has 0 spiro atoms. The average Bonchev–Trinajstić information content (AvgIpc) is 2.79. The molecule has 1 rings (SSSR count). The predicted octanol–water partition coefficient (Wildman–Crippen LogP) is -0.190. The molecule has 0 radical (unpaired) electrons. The van der Waals surface area contributed by atoms with Gasteiger partial charge in [-0.15, -0.1) is 6.42 Å². The molecule has 1 aliphatic heterocycles. The fraction of sp³-hybridized carbons (Fsp3) is 0.750. The number of nitrogens with one attached hydrogen (secondary N) is 2. The summed E-state index contributed by atoms with van der Waals surface area (Å²) in [5.41, 5.74) is 0. The van der Waals surface area contributed by atoms with Gasteiger partial charge in [-0.25, -0.2) is 0 Å². The van der Waals surface area contributed by atoms with E-state index in [-0.39, 0.29) is 5.91 Å². The number of amides is 1. The summed E-state index contributed by atoms with van der Waals surface area (Å²) in [6.07, 6.45) is 7.30. The number of terminal acetylenes is 1. The minimum Gasteiger partial charge on any atom is -0.344 e. The maximum atomic E-state index is 11.6. The van der Waals surface area contributed by atoms with Gasteiger partial charge in [0.2, 0.25) is 5.91 Å². The monoisotopic (exact) mass is 223 g/mol. The smallest absolute Gasteiger partial charge is 0.234 e. The summed E-state index contributed by atoms with van der Waals surface area (Å²) in [4.78, 5) is 13.8. The fourth-order valence-corrected chi connectivity index (χ4v) is 2.02. The van der Waals surface area contributed by atoms with Crippen LogP contribution < -0.4 is 10.6 Å². The van der Waals surface area contributed by atoms with Gasteiger partial charge in [-0.2, -0.15) is 0 Å². The molecule has 1 aliphatic rings. The molecule has 4 heteroatoms. The van der Waals surface area contributed by atoms with Crippen molar-refractivity contribution in [2.24, 2.45) is 0 Å². The number of carbonyl (C=O) groups excluding carboxylic acids is 1. The zero-order valence-electron chi connectivity index (χ0n) is 9.96. The molecule has 1 amide bonds. The molecule has 0 saturated carbocycles. The van der Waals surface area contributed by atoms with Crippen molar-refractivity contribution in [2.75, 3.05) is 32.7 Å². The Morgan fingerprint density at radius 1 is 1.69 bits per heavy atom. The van der Waals surface area contributed by atoms with E-state index >= 15 is 0 Å². The van der Waals surface area contributed by atoms with Crippen LogP contribution >= 0.6 is 0 Å². The molecule has 1 heterocycles. The Balaban J connectivity index is 2.37. The predicted molar refractivity (Wildman–Crippen MR) is 65.0 cm³/mol. The second-order valence-electron chi connectivity index (χ2n) is 4.10. The summed E-state index contributed by atoms with van der Waals surface area (Å²) < 4.78 is 0. The van der Waals surface area contributed by atoms with E-state index in [4.69, 9.17) is 6.42 Å². The van der Waals surface area contributed by atoms with Crippen molar-refractivity contribution >= 4 is 5.91 Å². The van der Waals surface area contributed by atoms with Crippen LogP contribution in [0.15, 0.2) is 0 Å². The summed E-state index contributed by atoms with van der Waals surface area (Å²) >= 11 is 0. The normalized spacial score (nSPS) is 19.7. The minimum atomic E-state index is 0.0262. The van der Waals surface area contributed by atoms with Crippen molar-refractivity contribution in [3.05, 3.63) is 0 Å². The van der Waals surface area contributed by atoms with Crippen LogP contribution in [0.1, 0.15) is 19.8 Å². The van der Waals surface area contributed by atoms with Gasteiger partial charge in [0.15, 0.2) is 0 Å². The van der Waals surface area contributed by atoms with Gasteiger partial charge in [0, 0.05) is 12.6 Å². The van der Waals surface area contributed by atoms with Crippen molar-refractivity contribution < 1.29 is 4.79 Å². The minimum absolute atomic E-state index is 0.0262. The van der Waals surface area contributed by atoms with Crippen LogP contribution in [0.4, 0.5) is 0 Å². The highest BCUT2D eigenvalue weighted by molar-refractivity contribution is 5.78. The summed E-state index contributed by atoms with van der Waals surface area (Å²) in [7, 11) is 0. The third kappa shape index (κ3) is 4.21. The lowest BCUT2D eigenvalue weighted by atomic mass is 10.2. The van der Waals surface area contributed by atoms with Crippen molar-refractivity contribution in [1.29, 1.82) is 0 Å². The van der Waals surface area contributed by atoms with Gasteiger partial charge in [0.25, 0.3) is 0 Å². The molecule has 0 aromatic carbocycles. The van der Waals surface area contributed by atoms with E-state index in [9.17, 15) is 4.79 Å². The van der Waals surface area contributed by atoms with Gasteiger partial charge >= 0.3 is 0 Å². The van der Waals surface area contributed by atoms with Crippen LogP contribution in [0, 0.1) is 12.3 Å². The molecule has 0 aromatic rings. The highest BCUT2D eigenvalue weighted by Gasteiger charge is 2.23. The molecule has 2 N–H and O–H groups in total. The number of nitrogens with zero attached hydrogens (tertiary/aromatic N) is 1. The molecule has 1 unspecified atom stereocenters. The van der Waals surface area contributed by atoms with E-state index in [1.165, 1.54) is 0 Å². The van der Waals surface area contributed by atoms with Crippen LogP contribution in [0.5, 0.6) is 0 Å². The first-order chi connectivity index (χ1) is 7.77. The van der Waals surface area contributed by atoms with Gasteiger partial charge in [0.05, 0.1) is 13.1 Å². The van der Waals surface area contributed by atoms with Gasteiger partial charge in [0.1, 0.15) is 0 Å². The lowest BCUT2D eigenvalue weighted by Gasteiger charge is -2.27. The number of carbonyl (C=O) groups is 1. The lowest BCUT2D eigenvalue weighted by Crippen LogP contribution is -2.44. The first-order valence-corrected chi connectivity index (χ1v) is 5.92. The average molecular weight is 223 g/mol. The SMILES string of the molecule is C#CCNC(=O)CN(CCC)C1CCNC1. The van der Waals surface area contributed by atoms with E-state index in [0.717, 1.165) is 32.5 Å². The second kappa shape index (κ2) is 7.26. The Hall–Kier alpha value is -1.05. The van der Waals surface area contributed by atoms with E-state index in [1.54, 1.807) is 0 Å². The molecular formula is C12H21N3O. The third-order valence-electron chi connectivity index (χ3n) is 2.80. The van der Waals surface area contributed by atoms with E-state index in [0.29, 0.717) is 19.1 Å². The maximum Gasteiger partial charge on any atom is 0.234 e. The fourth-order valence-electron chi connectivity index (χ4n) is 2.02. The molecule has 1 atom stereocenters. The Labute approximate surface area is 97.8 Å². The van der Waals surface area contributed by atoms with Crippen LogP contribution in [0.2, 0.25) is 0 Å². The van der Waals surface area contributed by atoms with Crippen molar-refractivity contribution in [1.82, 2.24) is 15.5 Å². The molecule has 0 bridgehead atoms. The number of rotatable bonds is 6. The zero-order valence-corrected chi connectivity index (χ0v) is 9.96. The molecule has 1 saturated heterocycles. The van der Waals surface area contributed by atoms with E-state index < -0.39 is 0 Å². The highest BCUT2D eigenvalue weighted by Crippen LogP contribution is 2.08. The van der Waals surface area contributed by atoms with Gasteiger partial charge in [-0.3, -0.25) is 9.69 Å².